The third-order valence-electron chi connectivity index (χ3n) is 2.47. The summed E-state index contributed by atoms with van der Waals surface area (Å²) >= 11 is 0. The predicted octanol–water partition coefficient (Wildman–Crippen LogP) is 2.05. The van der Waals surface area contributed by atoms with E-state index in [1.165, 1.54) is 0 Å². The third-order valence-corrected chi connectivity index (χ3v) is 3.65. The first kappa shape index (κ1) is 13.4. The van der Waals surface area contributed by atoms with E-state index in [0.717, 1.165) is 0 Å². The van der Waals surface area contributed by atoms with E-state index in [1.54, 1.807) is 24.1 Å². The minimum absolute atomic E-state index is 0.0137. The maximum absolute atomic E-state index is 12.0. The van der Waals surface area contributed by atoms with Crippen molar-refractivity contribution in [2.75, 3.05) is 33.4 Å². The van der Waals surface area contributed by atoms with Crippen LogP contribution in [0, 0.1) is 0 Å². The monoisotopic (exact) mass is 269 g/mol. The molecule has 0 atom stereocenters. The zero-order valence-corrected chi connectivity index (χ0v) is 11.1. The summed E-state index contributed by atoms with van der Waals surface area (Å²) in [5.74, 6) is -0.0137. The highest BCUT2D eigenvalue weighted by atomic mass is 31.2. The van der Waals surface area contributed by atoms with Gasteiger partial charge in [0, 0.05) is 19.2 Å². The lowest BCUT2D eigenvalue weighted by atomic mass is 10.2. The van der Waals surface area contributed by atoms with Gasteiger partial charge in [-0.2, -0.15) is 0 Å². The Kier molecular flexibility index (Phi) is 5.08. The van der Waals surface area contributed by atoms with Gasteiger partial charge in [-0.1, -0.05) is 18.2 Å². The number of rotatable bonds is 5. The molecule has 2 rings (SSSR count). The summed E-state index contributed by atoms with van der Waals surface area (Å²) in [6, 6.07) is 9.18. The van der Waals surface area contributed by atoms with Gasteiger partial charge in [-0.25, -0.2) is 0 Å². The molecule has 0 radical (unpaired) electrons. The van der Waals surface area contributed by atoms with Crippen molar-refractivity contribution in [3.05, 3.63) is 35.9 Å². The molecule has 0 aliphatic carbocycles. The average Bonchev–Trinajstić information content (AvgIpc) is 2.92. The van der Waals surface area contributed by atoms with Crippen LogP contribution >= 0.6 is 8.60 Å². The smallest absolute Gasteiger partial charge is 0.332 e. The van der Waals surface area contributed by atoms with Crippen molar-refractivity contribution >= 4 is 14.5 Å². The molecule has 0 saturated carbocycles. The van der Waals surface area contributed by atoms with Crippen LogP contribution in [-0.2, 0) is 13.6 Å². The van der Waals surface area contributed by atoms with E-state index in [0.29, 0.717) is 31.9 Å². The van der Waals surface area contributed by atoms with Gasteiger partial charge in [0.25, 0.3) is 5.91 Å². The fourth-order valence-corrected chi connectivity index (χ4v) is 2.39. The number of carbonyl (C=O) groups is 1. The molecule has 18 heavy (non-hydrogen) atoms. The van der Waals surface area contributed by atoms with Crippen LogP contribution in [-0.4, -0.2) is 44.2 Å². The molecule has 0 spiro atoms. The molecule has 0 N–H and O–H groups in total. The van der Waals surface area contributed by atoms with E-state index in [2.05, 4.69) is 0 Å². The lowest BCUT2D eigenvalue weighted by Gasteiger charge is -2.17. The number of nitrogens with zero attached hydrogens (tertiary/aromatic N) is 1. The molecule has 1 aliphatic rings. The molecule has 98 valence electrons. The zero-order valence-electron chi connectivity index (χ0n) is 10.2. The van der Waals surface area contributed by atoms with E-state index in [9.17, 15) is 4.79 Å². The van der Waals surface area contributed by atoms with Crippen LogP contribution in [0.25, 0.3) is 0 Å². The highest BCUT2D eigenvalue weighted by Gasteiger charge is 2.19. The zero-order chi connectivity index (χ0) is 12.8. The van der Waals surface area contributed by atoms with Crippen molar-refractivity contribution in [2.24, 2.45) is 0 Å². The van der Waals surface area contributed by atoms with Crippen molar-refractivity contribution in [3.8, 4) is 0 Å². The summed E-state index contributed by atoms with van der Waals surface area (Å²) in [6.45, 7) is 2.11. The van der Waals surface area contributed by atoms with Crippen LogP contribution in [0.2, 0.25) is 0 Å². The number of carbonyl (C=O) groups excluding carboxylic acids is 1. The molecule has 1 aliphatic heterocycles. The molecular weight excluding hydrogens is 253 g/mol. The van der Waals surface area contributed by atoms with Gasteiger partial charge < -0.3 is 18.5 Å². The maximum atomic E-state index is 12.0. The van der Waals surface area contributed by atoms with Crippen LogP contribution in [0.3, 0.4) is 0 Å². The van der Waals surface area contributed by atoms with Crippen LogP contribution in [0.4, 0.5) is 0 Å². The Morgan fingerprint density at radius 1 is 1.33 bits per heavy atom. The topological polar surface area (TPSA) is 48.0 Å². The molecule has 0 bridgehead atoms. The maximum Gasteiger partial charge on any atom is 0.332 e. The van der Waals surface area contributed by atoms with Crippen LogP contribution < -0.4 is 0 Å². The SMILES string of the molecule is CN(CCOP1OCCO1)C(=O)c1ccccc1. The first-order valence-corrected chi connectivity index (χ1v) is 6.86. The minimum Gasteiger partial charge on any atom is -0.339 e. The molecule has 1 fully saturated rings. The Hall–Kier alpha value is -1.00. The Morgan fingerprint density at radius 2 is 2.00 bits per heavy atom. The van der Waals surface area contributed by atoms with Gasteiger partial charge in [0.1, 0.15) is 0 Å². The molecule has 1 aromatic rings. The lowest BCUT2D eigenvalue weighted by Crippen LogP contribution is -2.29. The standard InChI is InChI=1S/C12H16NO4P/c1-13(7-8-15-18-16-9-10-17-18)12(14)11-5-3-2-4-6-11/h2-6H,7-10H2,1H3. The molecule has 1 heterocycles. The number of hydrogen-bond acceptors (Lipinski definition) is 4. The van der Waals surface area contributed by atoms with E-state index in [1.807, 2.05) is 18.2 Å². The van der Waals surface area contributed by atoms with E-state index < -0.39 is 8.60 Å². The number of hydrogen-bond donors (Lipinski definition) is 0. The Labute approximate surface area is 108 Å². The molecule has 1 amide bonds. The van der Waals surface area contributed by atoms with Gasteiger partial charge in [-0.05, 0) is 12.1 Å². The van der Waals surface area contributed by atoms with Crippen molar-refractivity contribution in [3.63, 3.8) is 0 Å². The first-order chi connectivity index (χ1) is 8.77. The van der Waals surface area contributed by atoms with E-state index in [4.69, 9.17) is 13.6 Å². The fourth-order valence-electron chi connectivity index (χ4n) is 1.49. The summed E-state index contributed by atoms with van der Waals surface area (Å²) in [6.07, 6.45) is 0. The van der Waals surface area contributed by atoms with E-state index >= 15 is 0 Å². The largest absolute Gasteiger partial charge is 0.339 e. The Bertz CT molecular complexity index is 381. The second-order valence-corrected chi connectivity index (χ2v) is 5.04. The number of amides is 1. The van der Waals surface area contributed by atoms with Gasteiger partial charge in [-0.3, -0.25) is 4.79 Å². The van der Waals surface area contributed by atoms with Gasteiger partial charge >= 0.3 is 8.60 Å². The van der Waals surface area contributed by atoms with Gasteiger partial charge in [0.2, 0.25) is 0 Å². The molecule has 0 unspecified atom stereocenters. The molecule has 6 heteroatoms. The Morgan fingerprint density at radius 3 is 2.67 bits per heavy atom. The normalized spacial score (nSPS) is 15.8. The summed E-state index contributed by atoms with van der Waals surface area (Å²) in [4.78, 5) is 13.6. The summed E-state index contributed by atoms with van der Waals surface area (Å²) in [5, 5.41) is 0. The Balaban J connectivity index is 1.74. The van der Waals surface area contributed by atoms with Crippen LogP contribution in [0.1, 0.15) is 10.4 Å². The minimum atomic E-state index is -1.19. The van der Waals surface area contributed by atoms with Crippen LogP contribution in [0.15, 0.2) is 30.3 Å². The predicted molar refractivity (Wildman–Crippen MR) is 68.2 cm³/mol. The van der Waals surface area contributed by atoms with Crippen LogP contribution in [0.5, 0.6) is 0 Å². The van der Waals surface area contributed by atoms with Gasteiger partial charge in [-0.15, -0.1) is 0 Å². The molecular formula is C12H16NO4P. The van der Waals surface area contributed by atoms with Gasteiger partial charge in [0.15, 0.2) is 0 Å². The fraction of sp³-hybridized carbons (Fsp3) is 0.417. The van der Waals surface area contributed by atoms with Crippen molar-refractivity contribution in [1.29, 1.82) is 0 Å². The second kappa shape index (κ2) is 6.81. The first-order valence-electron chi connectivity index (χ1n) is 5.77. The van der Waals surface area contributed by atoms with E-state index in [-0.39, 0.29) is 5.91 Å². The number of likely N-dealkylation sites (N-methyl/N-ethyl adjacent to an activating group) is 1. The molecule has 1 saturated heterocycles. The second-order valence-electron chi connectivity index (χ2n) is 3.82. The summed E-state index contributed by atoms with van der Waals surface area (Å²) in [7, 11) is 0.565. The van der Waals surface area contributed by atoms with Crippen molar-refractivity contribution in [1.82, 2.24) is 4.90 Å². The lowest BCUT2D eigenvalue weighted by molar-refractivity contribution is 0.0769. The number of benzene rings is 1. The highest BCUT2D eigenvalue weighted by molar-refractivity contribution is 7.41. The summed E-state index contributed by atoms with van der Waals surface area (Å²) < 4.78 is 15.8. The van der Waals surface area contributed by atoms with Crippen molar-refractivity contribution < 1.29 is 18.4 Å². The average molecular weight is 269 g/mol. The summed E-state index contributed by atoms with van der Waals surface area (Å²) in [5.41, 5.74) is 0.680. The molecule has 0 aromatic heterocycles. The van der Waals surface area contributed by atoms with Crippen molar-refractivity contribution in [2.45, 2.75) is 0 Å². The van der Waals surface area contributed by atoms with Gasteiger partial charge in [0.05, 0.1) is 19.8 Å². The quantitative estimate of drug-likeness (QED) is 0.768. The highest BCUT2D eigenvalue weighted by Crippen LogP contribution is 2.43. The third kappa shape index (κ3) is 3.75. The molecule has 5 nitrogen and oxygen atoms in total. The molecule has 1 aromatic carbocycles.